The third kappa shape index (κ3) is 5.27. The zero-order chi connectivity index (χ0) is 30.1. The molecule has 1 heterocycles. The van der Waals surface area contributed by atoms with Gasteiger partial charge in [-0.25, -0.2) is 0 Å². The maximum atomic E-state index is 6.33. The van der Waals surface area contributed by atoms with Crippen LogP contribution in [0.25, 0.3) is 0 Å². The van der Waals surface area contributed by atoms with E-state index in [9.17, 15) is 0 Å². The molecular formula is C39H63BO2. The van der Waals surface area contributed by atoms with Gasteiger partial charge in [-0.15, -0.1) is 0 Å². The Balaban J connectivity index is 1.09. The molecule has 5 fully saturated rings. The Morgan fingerprint density at radius 2 is 1.38 bits per heavy atom. The van der Waals surface area contributed by atoms with Crippen LogP contribution in [0.4, 0.5) is 0 Å². The van der Waals surface area contributed by atoms with Crippen molar-refractivity contribution >= 4 is 12.6 Å². The van der Waals surface area contributed by atoms with Crippen molar-refractivity contribution in [2.75, 3.05) is 0 Å². The van der Waals surface area contributed by atoms with Crippen molar-refractivity contribution in [3.05, 3.63) is 29.8 Å². The Labute approximate surface area is 260 Å². The molecule has 1 aliphatic heterocycles. The third-order valence-corrected chi connectivity index (χ3v) is 14.8. The van der Waals surface area contributed by atoms with E-state index in [-0.39, 0.29) is 18.3 Å². The average Bonchev–Trinajstić information content (AvgIpc) is 3.39. The molecular weight excluding hydrogens is 511 g/mol. The van der Waals surface area contributed by atoms with Gasteiger partial charge in [-0.2, -0.15) is 0 Å². The van der Waals surface area contributed by atoms with Crippen LogP contribution in [0.1, 0.15) is 151 Å². The molecule has 1 aromatic carbocycles. The van der Waals surface area contributed by atoms with Crippen LogP contribution in [0, 0.1) is 52.3 Å². The van der Waals surface area contributed by atoms with Gasteiger partial charge < -0.3 is 9.31 Å². The largest absolute Gasteiger partial charge is 0.494 e. The summed E-state index contributed by atoms with van der Waals surface area (Å²) in [5, 5.41) is 0. The van der Waals surface area contributed by atoms with Crippen LogP contribution in [0.3, 0.4) is 0 Å². The van der Waals surface area contributed by atoms with Gasteiger partial charge in [0.15, 0.2) is 0 Å². The highest BCUT2D eigenvalue weighted by molar-refractivity contribution is 6.62. The van der Waals surface area contributed by atoms with Crippen LogP contribution < -0.4 is 5.46 Å². The first-order valence-electron chi connectivity index (χ1n) is 18.2. The molecule has 0 bridgehead atoms. The number of benzene rings is 1. The minimum absolute atomic E-state index is 0.260. The van der Waals surface area contributed by atoms with E-state index in [0.29, 0.717) is 16.7 Å². The summed E-state index contributed by atoms with van der Waals surface area (Å²) in [6, 6.07) is 9.35. The molecule has 0 amide bonds. The molecule has 0 spiro atoms. The van der Waals surface area contributed by atoms with Gasteiger partial charge in [-0.05, 0) is 155 Å². The van der Waals surface area contributed by atoms with Gasteiger partial charge in [-0.3, -0.25) is 0 Å². The van der Waals surface area contributed by atoms with Crippen molar-refractivity contribution in [2.24, 2.45) is 52.3 Å². The Bertz CT molecular complexity index is 1080. The summed E-state index contributed by atoms with van der Waals surface area (Å²) in [7, 11) is -0.260. The van der Waals surface area contributed by atoms with Crippen molar-refractivity contribution in [3.8, 4) is 0 Å². The fraction of sp³-hybridized carbons (Fsp3) is 0.846. The van der Waals surface area contributed by atoms with Gasteiger partial charge in [0.2, 0.25) is 0 Å². The molecule has 42 heavy (non-hydrogen) atoms. The number of hydrogen-bond acceptors (Lipinski definition) is 2. The molecule has 0 radical (unpaired) electrons. The lowest BCUT2D eigenvalue weighted by molar-refractivity contribution is -0.117. The summed E-state index contributed by atoms with van der Waals surface area (Å²) in [4.78, 5) is 0. The highest BCUT2D eigenvalue weighted by Crippen LogP contribution is 2.69. The van der Waals surface area contributed by atoms with E-state index in [0.717, 1.165) is 46.9 Å². The van der Waals surface area contributed by atoms with Gasteiger partial charge in [0.05, 0.1) is 11.2 Å². The van der Waals surface area contributed by atoms with Crippen LogP contribution in [-0.2, 0) is 9.31 Å². The first kappa shape index (κ1) is 31.2. The summed E-state index contributed by atoms with van der Waals surface area (Å²) in [5.41, 5.74) is 3.30. The molecule has 6 rings (SSSR count). The summed E-state index contributed by atoms with van der Waals surface area (Å²) < 4.78 is 12.7. The number of rotatable bonds is 7. The third-order valence-electron chi connectivity index (χ3n) is 14.8. The van der Waals surface area contributed by atoms with Crippen molar-refractivity contribution in [3.63, 3.8) is 0 Å². The molecule has 2 nitrogen and oxygen atoms in total. The zero-order valence-corrected chi connectivity index (χ0v) is 28.8. The van der Waals surface area contributed by atoms with Gasteiger partial charge in [0.1, 0.15) is 0 Å². The second-order valence-electron chi connectivity index (χ2n) is 17.9. The van der Waals surface area contributed by atoms with Gasteiger partial charge in [0.25, 0.3) is 0 Å². The second kappa shape index (κ2) is 11.2. The van der Waals surface area contributed by atoms with Crippen molar-refractivity contribution in [1.82, 2.24) is 0 Å². The molecule has 4 aliphatic carbocycles. The van der Waals surface area contributed by atoms with Crippen LogP contribution in [0.2, 0.25) is 0 Å². The molecule has 8 unspecified atom stereocenters. The van der Waals surface area contributed by atoms with Gasteiger partial charge in [-0.1, -0.05) is 78.1 Å². The van der Waals surface area contributed by atoms with E-state index in [1.54, 1.807) is 5.56 Å². The van der Waals surface area contributed by atoms with Crippen molar-refractivity contribution in [2.45, 2.75) is 156 Å². The molecule has 9 atom stereocenters. The molecule has 4 saturated carbocycles. The highest BCUT2D eigenvalue weighted by Gasteiger charge is 2.60. The quantitative estimate of drug-likeness (QED) is 0.302. The standard InChI is InChI=1S/C39H63BO2/c1-26(2)11-10-12-27(3)33-19-20-34-32-18-15-30-25-29(21-23-38(30,8)35(32)22-24-39(33,34)9)28-13-16-31(17-14-28)40-41-36(4,5)37(6,7)42-40/h13-14,16-17,26-27,29-30,32-35H,10-12,15,18-25H2,1-9H3/t27-,29?,30?,32?,33?,34?,35?,38?,39?/m1/s1. The summed E-state index contributed by atoms with van der Waals surface area (Å²) in [6.45, 7) is 21.5. The topological polar surface area (TPSA) is 18.5 Å². The maximum Gasteiger partial charge on any atom is 0.494 e. The molecule has 0 aromatic heterocycles. The monoisotopic (exact) mass is 574 g/mol. The van der Waals surface area contributed by atoms with Gasteiger partial charge >= 0.3 is 7.12 Å². The second-order valence-corrected chi connectivity index (χ2v) is 17.9. The maximum absolute atomic E-state index is 6.33. The lowest BCUT2D eigenvalue weighted by Crippen LogP contribution is -2.53. The first-order chi connectivity index (χ1) is 19.7. The number of hydrogen-bond donors (Lipinski definition) is 0. The number of fused-ring (bicyclic) bond motifs is 5. The van der Waals surface area contributed by atoms with Crippen LogP contribution in [0.15, 0.2) is 24.3 Å². The molecule has 1 aromatic rings. The summed E-state index contributed by atoms with van der Waals surface area (Å²) in [6.07, 6.45) is 17.5. The zero-order valence-electron chi connectivity index (χ0n) is 28.8. The van der Waals surface area contributed by atoms with E-state index in [4.69, 9.17) is 9.31 Å². The van der Waals surface area contributed by atoms with Crippen molar-refractivity contribution < 1.29 is 9.31 Å². The Kier molecular flexibility index (Phi) is 8.34. The van der Waals surface area contributed by atoms with E-state index in [2.05, 4.69) is 86.6 Å². The van der Waals surface area contributed by atoms with E-state index >= 15 is 0 Å². The van der Waals surface area contributed by atoms with Crippen LogP contribution >= 0.6 is 0 Å². The van der Waals surface area contributed by atoms with Crippen LogP contribution in [-0.4, -0.2) is 18.3 Å². The normalized spacial score (nSPS) is 41.3. The Morgan fingerprint density at radius 3 is 2.05 bits per heavy atom. The Morgan fingerprint density at radius 1 is 0.738 bits per heavy atom. The summed E-state index contributed by atoms with van der Waals surface area (Å²) in [5.74, 6) is 7.30. The first-order valence-corrected chi connectivity index (χ1v) is 18.2. The molecule has 0 N–H and O–H groups in total. The lowest BCUT2D eigenvalue weighted by Gasteiger charge is -2.61. The van der Waals surface area contributed by atoms with E-state index in [1.807, 2.05) is 0 Å². The SMILES string of the molecule is CC(C)CCC[C@@H](C)C1CCC2C3CCC4CC(c5ccc(B6OC(C)(C)C(C)(C)O6)cc5)CCC4(C)C3CCC21C. The minimum atomic E-state index is -0.287. The molecule has 3 heteroatoms. The van der Waals surface area contributed by atoms with Crippen molar-refractivity contribution in [1.29, 1.82) is 0 Å². The van der Waals surface area contributed by atoms with Gasteiger partial charge in [0, 0.05) is 0 Å². The summed E-state index contributed by atoms with van der Waals surface area (Å²) >= 11 is 0. The molecule has 234 valence electrons. The average molecular weight is 575 g/mol. The van der Waals surface area contributed by atoms with E-state index in [1.165, 1.54) is 77.0 Å². The smallest absolute Gasteiger partial charge is 0.399 e. The predicted molar refractivity (Wildman–Crippen MR) is 178 cm³/mol. The Hall–Kier alpha value is -0.795. The van der Waals surface area contributed by atoms with Crippen LogP contribution in [0.5, 0.6) is 0 Å². The fourth-order valence-electron chi connectivity index (χ4n) is 11.5. The lowest BCUT2D eigenvalue weighted by atomic mass is 9.43. The highest BCUT2D eigenvalue weighted by atomic mass is 16.7. The fourth-order valence-corrected chi connectivity index (χ4v) is 11.5. The molecule has 5 aliphatic rings. The van der Waals surface area contributed by atoms with E-state index < -0.39 is 0 Å². The molecule has 1 saturated heterocycles. The predicted octanol–water partition coefficient (Wildman–Crippen LogP) is 10.2. The minimum Gasteiger partial charge on any atom is -0.399 e.